The van der Waals surface area contributed by atoms with E-state index in [1.165, 1.54) is 37.3 Å². The summed E-state index contributed by atoms with van der Waals surface area (Å²) in [5, 5.41) is 9.54. The smallest absolute Gasteiger partial charge is 0.352 e. The van der Waals surface area contributed by atoms with Gasteiger partial charge in [-0.1, -0.05) is 18.2 Å². The fourth-order valence-corrected chi connectivity index (χ4v) is 2.89. The predicted octanol–water partition coefficient (Wildman–Crippen LogP) is 3.09. The first-order valence-corrected chi connectivity index (χ1v) is 10.2. The Morgan fingerprint density at radius 3 is 2.15 bits per heavy atom. The molecule has 1 N–H and O–H groups in total. The number of nitrogens with zero attached hydrogens (tertiary/aromatic N) is 2. The van der Waals surface area contributed by atoms with Crippen molar-refractivity contribution in [3.63, 3.8) is 0 Å². The minimum Gasteiger partial charge on any atom is -0.488 e. The summed E-state index contributed by atoms with van der Waals surface area (Å²) < 4.78 is 11.1. The Morgan fingerprint density at radius 2 is 1.64 bits per heavy atom. The van der Waals surface area contributed by atoms with Crippen LogP contribution in [-0.4, -0.2) is 58.2 Å². The number of aliphatic imine (C=N–C) groups is 1. The standard InChI is InChI=1S/C24H26N2O7/c1-16(20(28)21(23(30)31)32-18-8-6-5-7-9-18)26(14-25-15-27)22(29)17-10-12-19(13-11-17)33-24(2,3)4/h5-13,16,21H,14H2,1-4H3,(H,30,31). The molecule has 9 heteroatoms. The van der Waals surface area contributed by atoms with E-state index in [2.05, 4.69) is 4.99 Å². The first kappa shape index (κ1) is 25.3. The molecule has 0 heterocycles. The number of aliphatic carboxylic acids is 1. The molecule has 0 saturated carbocycles. The van der Waals surface area contributed by atoms with Gasteiger partial charge in [0.25, 0.3) is 12.0 Å². The Morgan fingerprint density at radius 1 is 1.03 bits per heavy atom. The van der Waals surface area contributed by atoms with Gasteiger partial charge in [-0.05, 0) is 64.1 Å². The fourth-order valence-electron chi connectivity index (χ4n) is 2.89. The molecule has 0 aliphatic heterocycles. The molecule has 2 unspecified atom stereocenters. The van der Waals surface area contributed by atoms with Crippen molar-refractivity contribution in [2.24, 2.45) is 4.99 Å². The van der Waals surface area contributed by atoms with Crippen LogP contribution < -0.4 is 9.47 Å². The third-order valence-electron chi connectivity index (χ3n) is 4.43. The van der Waals surface area contributed by atoms with Gasteiger partial charge in [0.15, 0.2) is 0 Å². The number of rotatable bonds is 10. The van der Waals surface area contributed by atoms with Gasteiger partial charge in [0.05, 0.1) is 6.04 Å². The zero-order valence-electron chi connectivity index (χ0n) is 18.8. The number of hydrogen-bond acceptors (Lipinski definition) is 7. The molecule has 9 nitrogen and oxygen atoms in total. The van der Waals surface area contributed by atoms with Crippen LogP contribution in [0, 0.1) is 0 Å². The number of ketones is 1. The van der Waals surface area contributed by atoms with Gasteiger partial charge >= 0.3 is 5.97 Å². The highest BCUT2D eigenvalue weighted by Crippen LogP contribution is 2.21. The molecule has 2 atom stereocenters. The van der Waals surface area contributed by atoms with Crippen LogP contribution in [0.2, 0.25) is 0 Å². The van der Waals surface area contributed by atoms with Crippen LogP contribution >= 0.6 is 0 Å². The van der Waals surface area contributed by atoms with Crippen molar-refractivity contribution in [1.29, 1.82) is 0 Å². The fraction of sp³-hybridized carbons (Fsp3) is 0.333. The first-order valence-electron chi connectivity index (χ1n) is 10.2. The third kappa shape index (κ3) is 7.29. The molecule has 2 aromatic rings. The Kier molecular flexibility index (Phi) is 8.48. The molecule has 0 aromatic heterocycles. The number of amides is 1. The second-order valence-corrected chi connectivity index (χ2v) is 8.13. The lowest BCUT2D eigenvalue weighted by Crippen LogP contribution is -2.50. The number of carboxylic acids is 1. The molecule has 2 aromatic carbocycles. The number of isocyanates is 1. The number of carbonyl (C=O) groups is 3. The molecule has 33 heavy (non-hydrogen) atoms. The number of Topliss-reactive ketones (excluding diaryl/α,β-unsaturated/α-hetero) is 1. The number of benzene rings is 2. The van der Waals surface area contributed by atoms with Crippen molar-refractivity contribution in [3.8, 4) is 11.5 Å². The van der Waals surface area contributed by atoms with Crippen LogP contribution in [-0.2, 0) is 14.4 Å². The van der Waals surface area contributed by atoms with Gasteiger partial charge in [0.1, 0.15) is 23.8 Å². The van der Waals surface area contributed by atoms with Crippen molar-refractivity contribution in [2.75, 3.05) is 6.67 Å². The quantitative estimate of drug-likeness (QED) is 0.332. The van der Waals surface area contributed by atoms with E-state index < -0.39 is 42.1 Å². The zero-order chi connectivity index (χ0) is 24.6. The summed E-state index contributed by atoms with van der Waals surface area (Å²) in [7, 11) is 0. The number of hydrogen-bond donors (Lipinski definition) is 1. The van der Waals surface area contributed by atoms with E-state index in [4.69, 9.17) is 9.47 Å². The van der Waals surface area contributed by atoms with Crippen molar-refractivity contribution in [1.82, 2.24) is 4.90 Å². The molecule has 0 fully saturated rings. The zero-order valence-corrected chi connectivity index (χ0v) is 18.8. The van der Waals surface area contributed by atoms with Gasteiger partial charge in [-0.25, -0.2) is 9.59 Å². The molecule has 2 rings (SSSR count). The average molecular weight is 454 g/mol. The Bertz CT molecular complexity index is 1020. The largest absolute Gasteiger partial charge is 0.488 e. The van der Waals surface area contributed by atoms with Crippen molar-refractivity contribution in [2.45, 2.75) is 45.4 Å². The number of carbonyl (C=O) groups excluding carboxylic acids is 3. The summed E-state index contributed by atoms with van der Waals surface area (Å²) in [4.78, 5) is 52.9. The normalized spacial score (nSPS) is 12.6. The van der Waals surface area contributed by atoms with E-state index >= 15 is 0 Å². The van der Waals surface area contributed by atoms with E-state index in [1.807, 2.05) is 20.8 Å². The van der Waals surface area contributed by atoms with Crippen LogP contribution in [0.5, 0.6) is 11.5 Å². The van der Waals surface area contributed by atoms with Crippen LogP contribution in [0.15, 0.2) is 59.6 Å². The molecule has 0 saturated heterocycles. The molecule has 0 aliphatic carbocycles. The van der Waals surface area contributed by atoms with Gasteiger partial charge in [-0.2, -0.15) is 4.99 Å². The number of para-hydroxylation sites is 1. The van der Waals surface area contributed by atoms with E-state index in [9.17, 15) is 24.3 Å². The summed E-state index contributed by atoms with van der Waals surface area (Å²) in [6.07, 6.45) is -0.533. The van der Waals surface area contributed by atoms with E-state index in [1.54, 1.807) is 30.3 Å². The number of carboxylic acid groups (broad SMARTS) is 1. The molecule has 0 spiro atoms. The average Bonchev–Trinajstić information content (AvgIpc) is 2.77. The van der Waals surface area contributed by atoms with Crippen molar-refractivity contribution >= 4 is 23.7 Å². The number of ether oxygens (including phenoxy) is 2. The lowest BCUT2D eigenvalue weighted by atomic mass is 10.1. The van der Waals surface area contributed by atoms with Crippen LogP contribution in [0.1, 0.15) is 38.1 Å². The van der Waals surface area contributed by atoms with Crippen molar-refractivity contribution in [3.05, 3.63) is 60.2 Å². The van der Waals surface area contributed by atoms with Crippen molar-refractivity contribution < 1.29 is 33.8 Å². The molecular weight excluding hydrogens is 428 g/mol. The van der Waals surface area contributed by atoms with Gasteiger partial charge in [-0.15, -0.1) is 0 Å². The highest BCUT2D eigenvalue weighted by molar-refractivity contribution is 6.06. The third-order valence-corrected chi connectivity index (χ3v) is 4.43. The lowest BCUT2D eigenvalue weighted by Gasteiger charge is -2.28. The van der Waals surface area contributed by atoms with Gasteiger partial charge < -0.3 is 19.5 Å². The lowest BCUT2D eigenvalue weighted by molar-refractivity contribution is -0.151. The maximum atomic E-state index is 13.1. The van der Waals surface area contributed by atoms with Crippen LogP contribution in [0.4, 0.5) is 0 Å². The molecule has 0 aliphatic rings. The van der Waals surface area contributed by atoms with E-state index in [-0.39, 0.29) is 11.3 Å². The summed E-state index contributed by atoms with van der Waals surface area (Å²) in [6.45, 7) is 6.52. The topological polar surface area (TPSA) is 123 Å². The summed E-state index contributed by atoms with van der Waals surface area (Å²) in [5.74, 6) is -2.29. The first-order chi connectivity index (χ1) is 15.5. The molecular formula is C24H26N2O7. The van der Waals surface area contributed by atoms with Gasteiger partial charge in [-0.3, -0.25) is 9.59 Å². The minimum atomic E-state index is -1.86. The van der Waals surface area contributed by atoms with Gasteiger partial charge in [0.2, 0.25) is 11.9 Å². The molecule has 0 bridgehead atoms. The Labute approximate surface area is 191 Å². The van der Waals surface area contributed by atoms with E-state index in [0.717, 1.165) is 4.90 Å². The highest BCUT2D eigenvalue weighted by Gasteiger charge is 2.37. The second-order valence-electron chi connectivity index (χ2n) is 8.13. The monoisotopic (exact) mass is 454 g/mol. The van der Waals surface area contributed by atoms with Crippen LogP contribution in [0.3, 0.4) is 0 Å². The summed E-state index contributed by atoms with van der Waals surface area (Å²) in [6, 6.07) is 12.9. The summed E-state index contributed by atoms with van der Waals surface area (Å²) >= 11 is 0. The molecule has 174 valence electrons. The maximum Gasteiger partial charge on any atom is 0.352 e. The molecule has 1 amide bonds. The SMILES string of the molecule is CC(C(=O)C(Oc1ccccc1)C(=O)O)N(CN=C=O)C(=O)c1ccc(OC(C)(C)C)cc1. The Balaban J connectivity index is 2.27. The maximum absolute atomic E-state index is 13.1. The highest BCUT2D eigenvalue weighted by atomic mass is 16.5. The summed E-state index contributed by atoms with van der Waals surface area (Å²) in [5.41, 5.74) is -0.227. The van der Waals surface area contributed by atoms with E-state index in [0.29, 0.717) is 5.75 Å². The van der Waals surface area contributed by atoms with Gasteiger partial charge in [0, 0.05) is 5.56 Å². The predicted molar refractivity (Wildman–Crippen MR) is 119 cm³/mol. The second kappa shape index (κ2) is 11.1. The Hall–Kier alpha value is -3.97. The molecule has 0 radical (unpaired) electrons. The van der Waals surface area contributed by atoms with Crippen LogP contribution in [0.25, 0.3) is 0 Å². The minimum absolute atomic E-state index is 0.184.